The van der Waals surface area contributed by atoms with E-state index in [4.69, 9.17) is 12.2 Å². The summed E-state index contributed by atoms with van der Waals surface area (Å²) in [5.41, 5.74) is 11.7. The Morgan fingerprint density at radius 2 is 1.10 bits per heavy atom. The Morgan fingerprint density at radius 1 is 0.612 bits per heavy atom. The number of carbonyl (C=O) groups is 2. The summed E-state index contributed by atoms with van der Waals surface area (Å²) in [5.74, 6) is -1.36. The van der Waals surface area contributed by atoms with Gasteiger partial charge in [-0.2, -0.15) is 0 Å². The van der Waals surface area contributed by atoms with Crippen molar-refractivity contribution in [1.29, 1.82) is 1.34 Å². The number of carboxylic acids is 1. The summed E-state index contributed by atoms with van der Waals surface area (Å²) < 4.78 is 5.25. The topological polar surface area (TPSA) is 170 Å². The minimum Gasteiger partial charge on any atom is -0.476 e. The van der Waals surface area contributed by atoms with E-state index < -0.39 is 5.97 Å². The van der Waals surface area contributed by atoms with Crippen molar-refractivity contribution in [2.45, 2.75) is 0 Å². The summed E-state index contributed by atoms with van der Waals surface area (Å²) in [6.45, 7) is 0. The van der Waals surface area contributed by atoms with Crippen LogP contribution in [-0.2, 0) is 0 Å². The first kappa shape index (κ1) is 34.6. The van der Waals surface area contributed by atoms with Gasteiger partial charge in [0.1, 0.15) is 5.69 Å². The first-order valence-electron chi connectivity index (χ1n) is 15.0. The molecule has 0 atom stereocenters. The molecule has 4 aromatic heterocycles. The fourth-order valence-electron chi connectivity index (χ4n) is 4.65. The average molecular weight is 871 g/mol. The molecule has 0 aliphatic heterocycles. The number of hydrogen-bond acceptors (Lipinski definition) is 9. The number of aromatic nitrogens is 6. The zero-order valence-corrected chi connectivity index (χ0v) is 30.0. The van der Waals surface area contributed by atoms with Crippen molar-refractivity contribution in [1.82, 2.24) is 29.9 Å². The molecule has 0 spiro atoms. The van der Waals surface area contributed by atoms with Crippen molar-refractivity contribution in [2.75, 3.05) is 11.1 Å². The number of amides is 1. The number of benzene rings is 4. The maximum absolute atomic E-state index is 12.5. The van der Waals surface area contributed by atoms with Crippen molar-refractivity contribution in [3.63, 3.8) is 0 Å². The number of nitrogens with one attached hydrogen (secondary N) is 1. The second kappa shape index (κ2) is 16.9. The molecular formula is C36H27BN8O3U. The van der Waals surface area contributed by atoms with Gasteiger partial charge >= 0.3 is 5.97 Å². The fourth-order valence-corrected chi connectivity index (χ4v) is 4.65. The van der Waals surface area contributed by atoms with Crippen molar-refractivity contribution in [2.24, 2.45) is 0 Å². The van der Waals surface area contributed by atoms with Crippen molar-refractivity contribution < 1.29 is 45.8 Å². The quantitative estimate of drug-likeness (QED) is 0.143. The number of hydrogen-bond donors (Lipinski definition) is 3. The number of pyridine rings is 2. The maximum Gasteiger partial charge on any atom is 0.356 e. The number of nitrogen functional groups attached to an aromatic ring is 1. The minimum absolute atomic E-state index is 0. The van der Waals surface area contributed by atoms with Crippen molar-refractivity contribution in [3.05, 3.63) is 145 Å². The number of aromatic carboxylic acids is 1. The molecule has 0 aliphatic rings. The Kier molecular flexibility index (Phi) is 11.9. The molecular weight excluding hydrogens is 841 g/mol. The van der Waals surface area contributed by atoms with E-state index in [0.29, 0.717) is 22.2 Å². The zero-order chi connectivity index (χ0) is 34.6. The Bertz CT molecular complexity index is 2390. The molecule has 0 bridgehead atoms. The standard InChI is InChI=1S/C18H12N4O.C9H6N2O2.C9H8N2.BH.U/c23-18(16-11-20-13-7-1-2-8-14(13)21-16)22-15-9-3-5-12-6-4-10-19-17(12)15;12-9(13)8-5-10-6-3-1-2-4-7(6)11-8;10-8-5-1-3-7-4-2-6-11-9(7)8;;/h1-11H,(H,22,23);1-5H,(H,12,13);1-6H,10H2;1H;/i;;;1T;. The van der Waals surface area contributed by atoms with Crippen LogP contribution in [0.3, 0.4) is 0 Å². The number of anilines is 2. The smallest absolute Gasteiger partial charge is 0.356 e. The first-order chi connectivity index (χ1) is 24.0. The predicted molar refractivity (Wildman–Crippen MR) is 189 cm³/mol. The van der Waals surface area contributed by atoms with E-state index in [1.165, 1.54) is 12.4 Å². The molecule has 13 heteroatoms. The van der Waals surface area contributed by atoms with E-state index in [1.807, 2.05) is 91.0 Å². The summed E-state index contributed by atoms with van der Waals surface area (Å²) >= 11 is 0. The molecule has 0 unspecified atom stereocenters. The van der Waals surface area contributed by atoms with Crippen LogP contribution in [0.15, 0.2) is 134 Å². The average Bonchev–Trinajstić information content (AvgIpc) is 3.16. The van der Waals surface area contributed by atoms with Crippen LogP contribution in [0.25, 0.3) is 43.9 Å². The normalized spacial score (nSPS) is 10.2. The largest absolute Gasteiger partial charge is 0.476 e. The van der Waals surface area contributed by atoms with Crippen LogP contribution < -0.4 is 11.1 Å². The Hall–Kier alpha value is -5.76. The Balaban J connectivity index is 0.000000177. The van der Waals surface area contributed by atoms with Gasteiger partial charge in [-0.25, -0.2) is 14.8 Å². The molecule has 8 aromatic rings. The third kappa shape index (κ3) is 8.78. The number of carboxylic acid groups (broad SMARTS) is 1. The van der Waals surface area contributed by atoms with Gasteiger partial charge in [0.15, 0.2) is 5.69 Å². The summed E-state index contributed by atoms with van der Waals surface area (Å²) in [6, 6.07) is 33.7. The van der Waals surface area contributed by atoms with Crippen LogP contribution >= 0.6 is 0 Å². The molecule has 2 radical (unpaired) electrons. The van der Waals surface area contributed by atoms with Crippen LogP contribution in [0.5, 0.6) is 0 Å². The summed E-state index contributed by atoms with van der Waals surface area (Å²) in [4.78, 5) is 48.0. The zero-order valence-electron chi connectivity index (χ0n) is 26.8. The van der Waals surface area contributed by atoms with Gasteiger partial charge in [0, 0.05) is 62.7 Å². The molecule has 0 aliphatic carbocycles. The molecule has 8 rings (SSSR count). The summed E-state index contributed by atoms with van der Waals surface area (Å²) in [5, 5.41) is 13.6. The van der Waals surface area contributed by atoms with E-state index in [0.717, 1.165) is 33.0 Å². The van der Waals surface area contributed by atoms with Crippen LogP contribution in [0.1, 0.15) is 21.0 Å². The number of carbonyl (C=O) groups excluding carboxylic acids is 1. The van der Waals surface area contributed by atoms with Crippen LogP contribution in [0, 0.1) is 31.1 Å². The number of rotatable bonds is 3. The number of fused-ring (bicyclic) bond motifs is 4. The third-order valence-electron chi connectivity index (χ3n) is 6.89. The van der Waals surface area contributed by atoms with E-state index in [2.05, 4.69) is 43.6 Å². The van der Waals surface area contributed by atoms with Gasteiger partial charge in [0.05, 0.1) is 56.9 Å². The second-order valence-electron chi connectivity index (χ2n) is 10.1. The molecule has 11 nitrogen and oxygen atoms in total. The van der Waals surface area contributed by atoms with E-state index in [9.17, 15) is 9.59 Å². The van der Waals surface area contributed by atoms with Gasteiger partial charge in [-0.05, 0) is 49.9 Å². The first-order valence-corrected chi connectivity index (χ1v) is 14.4. The van der Waals surface area contributed by atoms with Crippen LogP contribution in [0.2, 0.25) is 0 Å². The van der Waals surface area contributed by atoms with Crippen LogP contribution in [0.4, 0.5) is 11.4 Å². The molecule has 0 saturated carbocycles. The molecule has 4 N–H and O–H groups in total. The monoisotopic (exact) mass is 870 g/mol. The molecule has 4 aromatic carbocycles. The molecule has 0 fully saturated rings. The van der Waals surface area contributed by atoms with Gasteiger partial charge in [-0.15, -0.1) is 0 Å². The predicted octanol–water partition coefficient (Wildman–Crippen LogP) is 5.93. The molecule has 0 saturated heterocycles. The number of para-hydroxylation sites is 6. The third-order valence-corrected chi connectivity index (χ3v) is 6.89. The summed E-state index contributed by atoms with van der Waals surface area (Å²) in [7, 11) is 3.75. The van der Waals surface area contributed by atoms with E-state index in [-0.39, 0.29) is 48.4 Å². The minimum atomic E-state index is -1.06. The molecule has 236 valence electrons. The van der Waals surface area contributed by atoms with Gasteiger partial charge < -0.3 is 16.2 Å². The fraction of sp³-hybridized carbons (Fsp3) is 0. The van der Waals surface area contributed by atoms with Gasteiger partial charge in [0.25, 0.3) is 5.91 Å². The number of nitrogens with two attached hydrogens (primary N) is 1. The van der Waals surface area contributed by atoms with Crippen molar-refractivity contribution in [3.8, 4) is 0 Å². The van der Waals surface area contributed by atoms with Crippen LogP contribution in [-0.4, -0.2) is 56.6 Å². The van der Waals surface area contributed by atoms with E-state index >= 15 is 0 Å². The molecule has 1 amide bonds. The van der Waals surface area contributed by atoms with Gasteiger partial charge in [0.2, 0.25) is 0 Å². The Morgan fingerprint density at radius 3 is 1.69 bits per heavy atom. The maximum atomic E-state index is 12.5. The van der Waals surface area contributed by atoms with Crippen molar-refractivity contribution >= 4 is 75.5 Å². The molecule has 49 heavy (non-hydrogen) atoms. The van der Waals surface area contributed by atoms with Gasteiger partial charge in [-0.3, -0.25) is 24.7 Å². The molecule has 4 heterocycles. The summed E-state index contributed by atoms with van der Waals surface area (Å²) in [6.07, 6.45) is 6.19. The Labute approximate surface area is 307 Å². The second-order valence-corrected chi connectivity index (χ2v) is 10.1. The van der Waals surface area contributed by atoms with E-state index in [1.54, 1.807) is 30.6 Å². The SMILES string of the molecule is Nc1cccc2cccnc12.O=C(Nc1cccc2cccnc12)c1cnc2ccccc2n1.O=C(O)c1cnc2ccccc2n1.[3H][B].[U]. The number of nitrogens with zero attached hydrogens (tertiary/aromatic N) is 6. The van der Waals surface area contributed by atoms with Gasteiger partial charge in [-0.1, -0.05) is 60.7 Å².